The van der Waals surface area contributed by atoms with Gasteiger partial charge in [0.25, 0.3) is 0 Å². The lowest BCUT2D eigenvalue weighted by atomic mass is 9.86. The predicted molar refractivity (Wildman–Crippen MR) is 108 cm³/mol. The summed E-state index contributed by atoms with van der Waals surface area (Å²) in [5.41, 5.74) is 1.43. The summed E-state index contributed by atoms with van der Waals surface area (Å²) < 4.78 is 16.2. The number of nitriles is 1. The third kappa shape index (κ3) is 3.71. The van der Waals surface area contributed by atoms with E-state index in [1.807, 2.05) is 24.3 Å². The zero-order valence-corrected chi connectivity index (χ0v) is 17.1. The molecule has 0 N–H and O–H groups in total. The van der Waals surface area contributed by atoms with Crippen LogP contribution in [0, 0.1) is 11.3 Å². The van der Waals surface area contributed by atoms with Gasteiger partial charge in [0.1, 0.15) is 17.3 Å². The highest BCUT2D eigenvalue weighted by molar-refractivity contribution is 8.03. The van der Waals surface area contributed by atoms with Crippen molar-refractivity contribution in [1.29, 1.82) is 5.26 Å². The minimum absolute atomic E-state index is 0.00137. The van der Waals surface area contributed by atoms with Gasteiger partial charge in [0.05, 0.1) is 56.2 Å². The molecule has 1 fully saturated rings. The molecular formula is C21H21N3O4S. The van der Waals surface area contributed by atoms with Crippen LogP contribution in [0.2, 0.25) is 0 Å². The summed E-state index contributed by atoms with van der Waals surface area (Å²) in [6.45, 7) is 1.06. The number of amides is 1. The van der Waals surface area contributed by atoms with E-state index in [0.29, 0.717) is 36.2 Å². The first-order valence-electron chi connectivity index (χ1n) is 9.18. The van der Waals surface area contributed by atoms with E-state index in [2.05, 4.69) is 11.0 Å². The van der Waals surface area contributed by atoms with Crippen LogP contribution in [0.4, 0.5) is 0 Å². The molecule has 1 aromatic carbocycles. The summed E-state index contributed by atoms with van der Waals surface area (Å²) in [5.74, 6) is 2.48. The largest absolute Gasteiger partial charge is 0.497 e. The Hall–Kier alpha value is -2.89. The van der Waals surface area contributed by atoms with Crippen molar-refractivity contribution in [3.63, 3.8) is 0 Å². The molecule has 29 heavy (non-hydrogen) atoms. The number of hydrogen-bond donors (Lipinski definition) is 0. The SMILES string of the molecule is COc1ccc([C@H]2CC(=O)N3CN(Cc4ccco4)CSC3=C2C#N)c(OC)c1. The summed E-state index contributed by atoms with van der Waals surface area (Å²) in [6.07, 6.45) is 1.87. The topological polar surface area (TPSA) is 78.9 Å². The number of nitrogens with zero attached hydrogens (tertiary/aromatic N) is 3. The number of hydrogen-bond acceptors (Lipinski definition) is 7. The Balaban J connectivity index is 1.64. The number of benzene rings is 1. The number of allylic oxidation sites excluding steroid dienone is 1. The molecule has 2 aliphatic rings. The summed E-state index contributed by atoms with van der Waals surface area (Å²) in [4.78, 5) is 16.8. The first-order valence-corrected chi connectivity index (χ1v) is 10.2. The summed E-state index contributed by atoms with van der Waals surface area (Å²) in [7, 11) is 3.17. The molecule has 0 spiro atoms. The second kappa shape index (κ2) is 8.23. The van der Waals surface area contributed by atoms with E-state index in [1.165, 1.54) is 11.8 Å². The highest BCUT2D eigenvalue weighted by Crippen LogP contribution is 2.45. The van der Waals surface area contributed by atoms with Gasteiger partial charge >= 0.3 is 0 Å². The molecule has 1 amide bonds. The first-order chi connectivity index (χ1) is 14.1. The summed E-state index contributed by atoms with van der Waals surface area (Å²) in [5, 5.41) is 10.7. The van der Waals surface area contributed by atoms with Gasteiger partial charge in [-0.3, -0.25) is 14.6 Å². The third-order valence-electron chi connectivity index (χ3n) is 5.13. The molecule has 1 aromatic heterocycles. The van der Waals surface area contributed by atoms with Gasteiger partial charge in [0.15, 0.2) is 0 Å². The molecule has 2 aromatic rings. The Bertz CT molecular complexity index is 980. The fraction of sp³-hybridized carbons (Fsp3) is 0.333. The number of furan rings is 1. The normalized spacial score (nSPS) is 19.7. The Morgan fingerprint density at radius 1 is 1.31 bits per heavy atom. The van der Waals surface area contributed by atoms with Crippen molar-refractivity contribution in [2.24, 2.45) is 0 Å². The minimum Gasteiger partial charge on any atom is -0.497 e. The number of methoxy groups -OCH3 is 2. The Labute approximate surface area is 173 Å². The van der Waals surface area contributed by atoms with Crippen LogP contribution in [0.25, 0.3) is 0 Å². The van der Waals surface area contributed by atoms with Gasteiger partial charge in [-0.15, -0.1) is 0 Å². The van der Waals surface area contributed by atoms with Gasteiger partial charge in [-0.2, -0.15) is 5.26 Å². The lowest BCUT2D eigenvalue weighted by molar-refractivity contribution is -0.132. The average molecular weight is 411 g/mol. The number of carbonyl (C=O) groups is 1. The molecule has 2 aliphatic heterocycles. The van der Waals surface area contributed by atoms with Crippen molar-refractivity contribution in [1.82, 2.24) is 9.80 Å². The van der Waals surface area contributed by atoms with E-state index < -0.39 is 0 Å². The van der Waals surface area contributed by atoms with Gasteiger partial charge in [0.2, 0.25) is 5.91 Å². The van der Waals surface area contributed by atoms with E-state index in [1.54, 1.807) is 31.4 Å². The molecule has 0 unspecified atom stereocenters. The van der Waals surface area contributed by atoms with Crippen molar-refractivity contribution in [2.45, 2.75) is 18.9 Å². The van der Waals surface area contributed by atoms with E-state index in [9.17, 15) is 10.1 Å². The maximum Gasteiger partial charge on any atom is 0.229 e. The van der Waals surface area contributed by atoms with Crippen LogP contribution < -0.4 is 9.47 Å². The van der Waals surface area contributed by atoms with Crippen LogP contribution in [-0.4, -0.2) is 42.5 Å². The van der Waals surface area contributed by atoms with Crippen LogP contribution in [-0.2, 0) is 11.3 Å². The molecule has 0 saturated carbocycles. The summed E-state index contributed by atoms with van der Waals surface area (Å²) in [6, 6.07) is 11.6. The van der Waals surface area contributed by atoms with Gasteiger partial charge in [-0.05, 0) is 18.2 Å². The molecule has 4 rings (SSSR count). The second-order valence-electron chi connectivity index (χ2n) is 6.84. The highest BCUT2D eigenvalue weighted by atomic mass is 32.2. The third-order valence-corrected chi connectivity index (χ3v) is 6.33. The summed E-state index contributed by atoms with van der Waals surface area (Å²) >= 11 is 1.51. The molecule has 1 saturated heterocycles. The molecule has 150 valence electrons. The zero-order chi connectivity index (χ0) is 20.4. The van der Waals surface area contributed by atoms with Crippen molar-refractivity contribution in [2.75, 3.05) is 26.8 Å². The molecule has 0 aliphatic carbocycles. The van der Waals surface area contributed by atoms with Crippen molar-refractivity contribution < 1.29 is 18.7 Å². The number of fused-ring (bicyclic) bond motifs is 1. The monoisotopic (exact) mass is 411 g/mol. The van der Waals surface area contributed by atoms with Crippen LogP contribution in [0.3, 0.4) is 0 Å². The lowest BCUT2D eigenvalue weighted by Crippen LogP contribution is -2.46. The number of ether oxygens (including phenoxy) is 2. The Morgan fingerprint density at radius 3 is 2.86 bits per heavy atom. The average Bonchev–Trinajstić information content (AvgIpc) is 3.26. The van der Waals surface area contributed by atoms with E-state index in [4.69, 9.17) is 13.9 Å². The molecule has 3 heterocycles. The molecule has 0 bridgehead atoms. The van der Waals surface area contributed by atoms with Crippen LogP contribution >= 0.6 is 11.8 Å². The van der Waals surface area contributed by atoms with E-state index in [0.717, 1.165) is 16.4 Å². The standard InChI is InChI=1S/C21H21N3O4S/c1-26-14-5-6-16(19(8-14)27-2)17-9-20(25)24-12-23(11-15-4-3-7-28-15)13-29-21(24)18(17)10-22/h3-8,17H,9,11-13H2,1-2H3/t17-/m1/s1. The lowest BCUT2D eigenvalue weighted by Gasteiger charge is -2.41. The molecule has 1 atom stereocenters. The van der Waals surface area contributed by atoms with Crippen LogP contribution in [0.15, 0.2) is 51.6 Å². The molecular weight excluding hydrogens is 390 g/mol. The zero-order valence-electron chi connectivity index (χ0n) is 16.3. The predicted octanol–water partition coefficient (Wildman–Crippen LogP) is 3.51. The van der Waals surface area contributed by atoms with Gasteiger partial charge in [-0.25, -0.2) is 0 Å². The quantitative estimate of drug-likeness (QED) is 0.745. The Kier molecular flexibility index (Phi) is 5.51. The van der Waals surface area contributed by atoms with Crippen LogP contribution in [0.1, 0.15) is 23.7 Å². The number of thioether (sulfide) groups is 1. The van der Waals surface area contributed by atoms with E-state index >= 15 is 0 Å². The van der Waals surface area contributed by atoms with Crippen molar-refractivity contribution in [3.8, 4) is 17.6 Å². The molecule has 8 heteroatoms. The van der Waals surface area contributed by atoms with Gasteiger partial charge in [-0.1, -0.05) is 17.8 Å². The maximum atomic E-state index is 13.0. The van der Waals surface area contributed by atoms with E-state index in [-0.39, 0.29) is 18.2 Å². The minimum atomic E-state index is -0.330. The van der Waals surface area contributed by atoms with Gasteiger partial charge in [0, 0.05) is 24.0 Å². The Morgan fingerprint density at radius 2 is 2.17 bits per heavy atom. The maximum absolute atomic E-state index is 13.0. The van der Waals surface area contributed by atoms with Crippen molar-refractivity contribution >= 4 is 17.7 Å². The number of rotatable bonds is 5. The van der Waals surface area contributed by atoms with Crippen molar-refractivity contribution in [3.05, 3.63) is 58.5 Å². The van der Waals surface area contributed by atoms with Crippen LogP contribution in [0.5, 0.6) is 11.5 Å². The number of carbonyl (C=O) groups excluding carboxylic acids is 1. The fourth-order valence-electron chi connectivity index (χ4n) is 3.70. The molecule has 0 radical (unpaired) electrons. The van der Waals surface area contributed by atoms with Gasteiger partial charge < -0.3 is 13.9 Å². The fourth-order valence-corrected chi connectivity index (χ4v) is 4.84. The first kappa shape index (κ1) is 19.4. The smallest absolute Gasteiger partial charge is 0.229 e. The highest BCUT2D eigenvalue weighted by Gasteiger charge is 2.39. The second-order valence-corrected chi connectivity index (χ2v) is 7.77. The molecule has 7 nitrogen and oxygen atoms in total.